The van der Waals surface area contributed by atoms with Gasteiger partial charge in [-0.05, 0) is 19.1 Å². The number of hydrogen-bond acceptors (Lipinski definition) is 3. The number of aryl methyl sites for hydroxylation is 2. The largest absolute Gasteiger partial charge is 0.381 e. The Balaban J connectivity index is 2.65. The first-order chi connectivity index (χ1) is 7.11. The highest BCUT2D eigenvalue weighted by Gasteiger charge is 2.16. The summed E-state index contributed by atoms with van der Waals surface area (Å²) in [5.74, 6) is -0.457. The molecule has 15 heavy (non-hydrogen) atoms. The van der Waals surface area contributed by atoms with Gasteiger partial charge in [0.1, 0.15) is 5.69 Å². The molecule has 0 fully saturated rings. The average molecular weight is 206 g/mol. The Hall–Kier alpha value is -1.91. The lowest BCUT2D eigenvalue weighted by molar-refractivity contribution is 0.633. The number of nitrogens with two attached hydrogens (primary N) is 1. The lowest BCUT2D eigenvalue weighted by atomic mass is 10.1. The number of pyridine rings is 1. The molecule has 0 unspecified atom stereocenters. The van der Waals surface area contributed by atoms with Crippen molar-refractivity contribution in [1.29, 1.82) is 0 Å². The van der Waals surface area contributed by atoms with Gasteiger partial charge in [0.15, 0.2) is 11.6 Å². The van der Waals surface area contributed by atoms with Crippen LogP contribution in [0.4, 0.5) is 10.2 Å². The van der Waals surface area contributed by atoms with E-state index in [0.29, 0.717) is 5.56 Å². The normalized spacial score (nSPS) is 10.6. The van der Waals surface area contributed by atoms with E-state index < -0.39 is 5.82 Å². The van der Waals surface area contributed by atoms with Gasteiger partial charge in [-0.1, -0.05) is 0 Å². The molecule has 0 aliphatic heterocycles. The van der Waals surface area contributed by atoms with Crippen LogP contribution in [0.15, 0.2) is 18.3 Å². The molecule has 2 rings (SSSR count). The Labute approximate surface area is 86.6 Å². The molecule has 0 aliphatic rings. The number of anilines is 1. The van der Waals surface area contributed by atoms with Gasteiger partial charge in [-0.25, -0.2) is 9.07 Å². The fraction of sp³-hybridized carbons (Fsp3) is 0.200. The maximum atomic E-state index is 13.7. The highest BCUT2D eigenvalue weighted by atomic mass is 19.1. The summed E-state index contributed by atoms with van der Waals surface area (Å²) in [6.45, 7) is 1.81. The Morgan fingerprint density at radius 2 is 2.20 bits per heavy atom. The zero-order chi connectivity index (χ0) is 11.0. The number of aromatic nitrogens is 3. The van der Waals surface area contributed by atoms with E-state index >= 15 is 0 Å². The first-order valence-electron chi connectivity index (χ1n) is 4.51. The van der Waals surface area contributed by atoms with E-state index in [0.717, 1.165) is 5.69 Å². The summed E-state index contributed by atoms with van der Waals surface area (Å²) in [6.07, 6.45) is 1.66. The Kier molecular flexibility index (Phi) is 2.15. The Bertz CT molecular complexity index is 504. The van der Waals surface area contributed by atoms with Crippen molar-refractivity contribution in [2.75, 3.05) is 5.73 Å². The van der Waals surface area contributed by atoms with Crippen molar-refractivity contribution in [2.45, 2.75) is 6.92 Å². The maximum Gasteiger partial charge on any atom is 0.192 e. The lowest BCUT2D eigenvalue weighted by Crippen LogP contribution is -1.97. The molecule has 0 aromatic carbocycles. The lowest BCUT2D eigenvalue weighted by Gasteiger charge is -1.99. The van der Waals surface area contributed by atoms with Gasteiger partial charge in [0.2, 0.25) is 0 Å². The summed E-state index contributed by atoms with van der Waals surface area (Å²) in [5.41, 5.74) is 7.15. The quantitative estimate of drug-likeness (QED) is 0.769. The molecule has 4 nitrogen and oxygen atoms in total. The van der Waals surface area contributed by atoms with Crippen LogP contribution in [-0.2, 0) is 7.05 Å². The summed E-state index contributed by atoms with van der Waals surface area (Å²) in [6, 6.07) is 3.51. The molecule has 0 aliphatic carbocycles. The third-order valence-corrected chi connectivity index (χ3v) is 2.29. The van der Waals surface area contributed by atoms with Gasteiger partial charge in [0.05, 0.1) is 0 Å². The minimum Gasteiger partial charge on any atom is -0.381 e. The first-order valence-corrected chi connectivity index (χ1v) is 4.51. The minimum absolute atomic E-state index is 0.0354. The van der Waals surface area contributed by atoms with Crippen molar-refractivity contribution in [1.82, 2.24) is 14.8 Å². The third-order valence-electron chi connectivity index (χ3n) is 2.29. The molecule has 0 radical (unpaired) electrons. The molecule has 0 bridgehead atoms. The maximum absolute atomic E-state index is 13.7. The number of nitrogen functional groups attached to an aromatic ring is 1. The van der Waals surface area contributed by atoms with Crippen LogP contribution in [-0.4, -0.2) is 14.8 Å². The van der Waals surface area contributed by atoms with Gasteiger partial charge < -0.3 is 5.73 Å². The van der Waals surface area contributed by atoms with E-state index in [1.54, 1.807) is 32.3 Å². The third kappa shape index (κ3) is 1.45. The number of halogens is 1. The molecule has 78 valence electrons. The molecule has 0 saturated heterocycles. The second-order valence-electron chi connectivity index (χ2n) is 3.31. The molecule has 0 spiro atoms. The van der Waals surface area contributed by atoms with Crippen LogP contribution in [0, 0.1) is 12.7 Å². The van der Waals surface area contributed by atoms with E-state index in [1.807, 2.05) is 0 Å². The van der Waals surface area contributed by atoms with Crippen LogP contribution >= 0.6 is 0 Å². The number of hydrogen-bond donors (Lipinski definition) is 1. The molecule has 0 amide bonds. The van der Waals surface area contributed by atoms with Gasteiger partial charge in [-0.2, -0.15) is 5.10 Å². The highest BCUT2D eigenvalue weighted by Crippen LogP contribution is 2.26. The second kappa shape index (κ2) is 3.34. The SMILES string of the molecule is Cc1ncccc1-c1nn(C)c(N)c1F. The van der Waals surface area contributed by atoms with Crippen LogP contribution in [0.1, 0.15) is 5.69 Å². The summed E-state index contributed by atoms with van der Waals surface area (Å²) < 4.78 is 15.0. The second-order valence-corrected chi connectivity index (χ2v) is 3.31. The molecule has 5 heteroatoms. The molecule has 2 aromatic heterocycles. The van der Waals surface area contributed by atoms with Crippen molar-refractivity contribution < 1.29 is 4.39 Å². The van der Waals surface area contributed by atoms with E-state index in [1.165, 1.54) is 4.68 Å². The molecular formula is C10H11FN4. The van der Waals surface area contributed by atoms with Crippen LogP contribution in [0.3, 0.4) is 0 Å². The highest BCUT2D eigenvalue weighted by molar-refractivity contribution is 5.65. The van der Waals surface area contributed by atoms with Crippen molar-refractivity contribution >= 4 is 5.82 Å². The summed E-state index contributed by atoms with van der Waals surface area (Å²) >= 11 is 0. The van der Waals surface area contributed by atoms with Crippen LogP contribution < -0.4 is 5.73 Å². The van der Waals surface area contributed by atoms with Crippen LogP contribution in [0.2, 0.25) is 0 Å². The average Bonchev–Trinajstić information content (AvgIpc) is 2.47. The first kappa shape index (κ1) is 9.64. The van der Waals surface area contributed by atoms with Crippen molar-refractivity contribution in [3.63, 3.8) is 0 Å². The molecule has 2 heterocycles. The minimum atomic E-state index is -0.492. The fourth-order valence-corrected chi connectivity index (χ4v) is 1.42. The van der Waals surface area contributed by atoms with Crippen LogP contribution in [0.25, 0.3) is 11.3 Å². The van der Waals surface area contributed by atoms with E-state index in [2.05, 4.69) is 10.1 Å². The Morgan fingerprint density at radius 1 is 1.47 bits per heavy atom. The molecule has 2 aromatic rings. The topological polar surface area (TPSA) is 56.7 Å². The molecule has 0 atom stereocenters. The standard InChI is InChI=1S/C10H11FN4/c1-6-7(4-3-5-13-6)9-8(11)10(12)15(2)14-9/h3-5H,12H2,1-2H3. The van der Waals surface area contributed by atoms with Gasteiger partial charge >= 0.3 is 0 Å². The fourth-order valence-electron chi connectivity index (χ4n) is 1.42. The monoisotopic (exact) mass is 206 g/mol. The Morgan fingerprint density at radius 3 is 2.73 bits per heavy atom. The van der Waals surface area contributed by atoms with Gasteiger partial charge in [-0.15, -0.1) is 0 Å². The summed E-state index contributed by atoms with van der Waals surface area (Å²) in [5, 5.41) is 4.02. The van der Waals surface area contributed by atoms with E-state index in [9.17, 15) is 4.39 Å². The zero-order valence-corrected chi connectivity index (χ0v) is 8.53. The molecular weight excluding hydrogens is 195 g/mol. The predicted molar refractivity (Wildman–Crippen MR) is 55.5 cm³/mol. The number of nitrogens with zero attached hydrogens (tertiary/aromatic N) is 3. The van der Waals surface area contributed by atoms with Crippen molar-refractivity contribution in [2.24, 2.45) is 7.05 Å². The van der Waals surface area contributed by atoms with E-state index in [4.69, 9.17) is 5.73 Å². The number of rotatable bonds is 1. The predicted octanol–water partition coefficient (Wildman–Crippen LogP) is 1.51. The summed E-state index contributed by atoms with van der Waals surface area (Å²) in [7, 11) is 1.60. The zero-order valence-electron chi connectivity index (χ0n) is 8.53. The molecule has 0 saturated carbocycles. The van der Waals surface area contributed by atoms with Crippen molar-refractivity contribution in [3.05, 3.63) is 29.8 Å². The van der Waals surface area contributed by atoms with Crippen LogP contribution in [0.5, 0.6) is 0 Å². The smallest absolute Gasteiger partial charge is 0.192 e. The van der Waals surface area contributed by atoms with Gasteiger partial charge in [0.25, 0.3) is 0 Å². The van der Waals surface area contributed by atoms with Gasteiger partial charge in [-0.3, -0.25) is 4.98 Å². The van der Waals surface area contributed by atoms with Crippen molar-refractivity contribution in [3.8, 4) is 11.3 Å². The van der Waals surface area contributed by atoms with Gasteiger partial charge in [0, 0.05) is 24.5 Å². The van der Waals surface area contributed by atoms with E-state index in [-0.39, 0.29) is 11.5 Å². The summed E-state index contributed by atoms with van der Waals surface area (Å²) in [4.78, 5) is 4.08. The molecule has 2 N–H and O–H groups in total.